The van der Waals surface area contributed by atoms with Gasteiger partial charge in [0.2, 0.25) is 0 Å². The fraction of sp³-hybridized carbons (Fsp3) is 0.0455. The Morgan fingerprint density at radius 3 is 1.10 bits per heavy atom. The maximum absolute atomic E-state index is 2.36. The Morgan fingerprint density at radius 2 is 0.646 bits per heavy atom. The molecule has 9 aromatic rings. The third-order valence-corrected chi connectivity index (χ3v) is 9.69. The van der Waals surface area contributed by atoms with Crippen molar-refractivity contribution >= 4 is 77.7 Å². The Balaban J connectivity index is 1.22. The Kier molecular flexibility index (Phi) is 6.54. The lowest BCUT2D eigenvalue weighted by Gasteiger charge is -2.29. The van der Waals surface area contributed by atoms with E-state index in [-0.39, 0.29) is 0 Å². The van der Waals surface area contributed by atoms with E-state index < -0.39 is 0 Å². The Hall–Kier alpha value is -6.26. The van der Waals surface area contributed by atoms with Crippen LogP contribution in [0.4, 0.5) is 34.1 Å². The highest BCUT2D eigenvalue weighted by Crippen LogP contribution is 2.42. The van der Waals surface area contributed by atoms with Crippen LogP contribution in [0, 0.1) is 0 Å². The van der Waals surface area contributed by atoms with Gasteiger partial charge in [0.05, 0.1) is 11.0 Å². The molecule has 0 amide bonds. The van der Waals surface area contributed by atoms with E-state index in [9.17, 15) is 0 Å². The molecule has 0 saturated heterocycles. The van der Waals surface area contributed by atoms with Gasteiger partial charge in [-0.15, -0.1) is 0 Å². The smallest absolute Gasteiger partial charge is 0.0509 e. The van der Waals surface area contributed by atoms with Crippen molar-refractivity contribution in [2.24, 2.45) is 14.1 Å². The van der Waals surface area contributed by atoms with Crippen molar-refractivity contribution in [1.29, 1.82) is 0 Å². The van der Waals surface area contributed by atoms with E-state index in [0.29, 0.717) is 0 Å². The third kappa shape index (κ3) is 4.45. The number of rotatable bonds is 6. The van der Waals surface area contributed by atoms with Crippen LogP contribution in [0.25, 0.3) is 43.6 Å². The van der Waals surface area contributed by atoms with Gasteiger partial charge in [0.25, 0.3) is 0 Å². The lowest BCUT2D eigenvalue weighted by molar-refractivity contribution is 1.01. The number of nitrogens with zero attached hydrogens (tertiary/aromatic N) is 4. The molecule has 4 nitrogen and oxygen atoms in total. The Morgan fingerprint density at radius 1 is 0.292 bits per heavy atom. The van der Waals surface area contributed by atoms with Gasteiger partial charge in [0.1, 0.15) is 0 Å². The van der Waals surface area contributed by atoms with Gasteiger partial charge in [-0.25, -0.2) is 0 Å². The second kappa shape index (κ2) is 11.2. The standard InChI is InChI=1S/C44H34N4/c1-45-41-22-11-9-20-37(41)39-26-24-35(29-43(39)45)47(31-14-5-3-6-15-31)33-18-13-19-34(28-33)48(32-16-7-4-8-17-32)36-25-27-40-38-21-10-12-23-42(38)46(2)44(40)30-36/h3-30H,1-2H3. The highest BCUT2D eigenvalue weighted by Gasteiger charge is 2.19. The zero-order valence-electron chi connectivity index (χ0n) is 27.0. The Labute approximate surface area is 279 Å². The molecule has 230 valence electrons. The molecule has 0 atom stereocenters. The second-order valence-corrected chi connectivity index (χ2v) is 12.4. The normalized spacial score (nSPS) is 11.5. The highest BCUT2D eigenvalue weighted by atomic mass is 15.2. The minimum Gasteiger partial charge on any atom is -0.344 e. The summed E-state index contributed by atoms with van der Waals surface area (Å²) in [6.07, 6.45) is 0. The maximum atomic E-state index is 2.36. The average Bonchev–Trinajstić information content (AvgIpc) is 3.59. The van der Waals surface area contributed by atoms with Crippen molar-refractivity contribution < 1.29 is 0 Å². The molecule has 0 spiro atoms. The molecule has 4 heteroatoms. The molecule has 0 unspecified atom stereocenters. The summed E-state index contributed by atoms with van der Waals surface area (Å²) in [5.74, 6) is 0. The van der Waals surface area contributed by atoms with Crippen molar-refractivity contribution in [3.63, 3.8) is 0 Å². The van der Waals surface area contributed by atoms with Crippen LogP contribution >= 0.6 is 0 Å². The van der Waals surface area contributed by atoms with E-state index in [4.69, 9.17) is 0 Å². The van der Waals surface area contributed by atoms with Crippen LogP contribution in [-0.4, -0.2) is 9.13 Å². The van der Waals surface area contributed by atoms with Crippen molar-refractivity contribution in [1.82, 2.24) is 9.13 Å². The number of hydrogen-bond donors (Lipinski definition) is 0. The van der Waals surface area contributed by atoms with Crippen LogP contribution in [-0.2, 0) is 14.1 Å². The first-order chi connectivity index (χ1) is 23.7. The highest BCUT2D eigenvalue weighted by molar-refractivity contribution is 6.10. The zero-order valence-corrected chi connectivity index (χ0v) is 27.0. The molecule has 0 N–H and O–H groups in total. The van der Waals surface area contributed by atoms with Crippen molar-refractivity contribution in [3.05, 3.63) is 170 Å². The van der Waals surface area contributed by atoms with Crippen LogP contribution in [0.5, 0.6) is 0 Å². The molecular weight excluding hydrogens is 585 g/mol. The predicted molar refractivity (Wildman–Crippen MR) is 204 cm³/mol. The van der Waals surface area contributed by atoms with Crippen LogP contribution in [0.1, 0.15) is 0 Å². The summed E-state index contributed by atoms with van der Waals surface area (Å²) in [7, 11) is 4.32. The molecule has 9 rings (SSSR count). The van der Waals surface area contributed by atoms with Crippen molar-refractivity contribution in [2.75, 3.05) is 9.80 Å². The fourth-order valence-corrected chi connectivity index (χ4v) is 7.40. The monoisotopic (exact) mass is 618 g/mol. The predicted octanol–water partition coefficient (Wildman–Crippen LogP) is 11.9. The largest absolute Gasteiger partial charge is 0.344 e. The topological polar surface area (TPSA) is 16.3 Å². The molecule has 48 heavy (non-hydrogen) atoms. The van der Waals surface area contributed by atoms with Gasteiger partial charge < -0.3 is 18.9 Å². The SMILES string of the molecule is Cn1c2ccccc2c2ccc(N(c3ccccc3)c3cccc(N(c4ccccc4)c4ccc5c6ccccc6n(C)c5c4)c3)cc21. The van der Waals surface area contributed by atoms with E-state index >= 15 is 0 Å². The molecule has 0 aliphatic carbocycles. The zero-order chi connectivity index (χ0) is 32.2. The molecule has 0 aliphatic heterocycles. The number of benzene rings is 7. The molecule has 0 fully saturated rings. The molecular formula is C44H34N4. The van der Waals surface area contributed by atoms with Gasteiger partial charge in [-0.05, 0) is 78.9 Å². The summed E-state index contributed by atoms with van der Waals surface area (Å²) in [4.78, 5) is 4.72. The van der Waals surface area contributed by atoms with E-state index in [2.05, 4.69) is 203 Å². The number of hydrogen-bond acceptors (Lipinski definition) is 2. The quantitative estimate of drug-likeness (QED) is 0.184. The Bertz CT molecular complexity index is 2420. The minimum absolute atomic E-state index is 1.09. The van der Waals surface area contributed by atoms with Gasteiger partial charge in [0, 0.05) is 80.8 Å². The van der Waals surface area contributed by atoms with Crippen molar-refractivity contribution in [3.8, 4) is 0 Å². The van der Waals surface area contributed by atoms with Crippen LogP contribution in [0.2, 0.25) is 0 Å². The van der Waals surface area contributed by atoms with Gasteiger partial charge in [0.15, 0.2) is 0 Å². The summed E-state index contributed by atoms with van der Waals surface area (Å²) in [6.45, 7) is 0. The molecule has 2 heterocycles. The van der Waals surface area contributed by atoms with Crippen LogP contribution in [0.15, 0.2) is 170 Å². The number of anilines is 6. The summed E-state index contributed by atoms with van der Waals surface area (Å²) in [5.41, 5.74) is 11.5. The van der Waals surface area contributed by atoms with Crippen LogP contribution in [0.3, 0.4) is 0 Å². The molecule has 7 aromatic carbocycles. The first kappa shape index (κ1) is 28.0. The minimum atomic E-state index is 1.09. The molecule has 0 aliphatic rings. The van der Waals surface area contributed by atoms with E-state index in [0.717, 1.165) is 34.1 Å². The lowest BCUT2D eigenvalue weighted by Crippen LogP contribution is -2.13. The second-order valence-electron chi connectivity index (χ2n) is 12.4. The van der Waals surface area contributed by atoms with Gasteiger partial charge >= 0.3 is 0 Å². The van der Waals surface area contributed by atoms with E-state index in [1.54, 1.807) is 0 Å². The third-order valence-electron chi connectivity index (χ3n) is 9.69. The summed E-state index contributed by atoms with van der Waals surface area (Å²) in [5, 5.41) is 5.07. The molecule has 0 bridgehead atoms. The van der Waals surface area contributed by atoms with E-state index in [1.165, 1.54) is 43.6 Å². The number of para-hydroxylation sites is 4. The maximum Gasteiger partial charge on any atom is 0.0509 e. The van der Waals surface area contributed by atoms with Crippen LogP contribution < -0.4 is 9.80 Å². The van der Waals surface area contributed by atoms with E-state index in [1.807, 2.05) is 0 Å². The summed E-state index contributed by atoms with van der Waals surface area (Å²) < 4.78 is 4.60. The van der Waals surface area contributed by atoms with Gasteiger partial charge in [-0.3, -0.25) is 0 Å². The van der Waals surface area contributed by atoms with Crippen molar-refractivity contribution in [2.45, 2.75) is 0 Å². The number of fused-ring (bicyclic) bond motifs is 6. The number of aromatic nitrogens is 2. The molecule has 0 saturated carbocycles. The first-order valence-corrected chi connectivity index (χ1v) is 16.4. The number of aryl methyl sites for hydroxylation is 2. The summed E-state index contributed by atoms with van der Waals surface area (Å²) >= 11 is 0. The molecule has 2 aromatic heterocycles. The fourth-order valence-electron chi connectivity index (χ4n) is 7.40. The lowest BCUT2D eigenvalue weighted by atomic mass is 10.1. The first-order valence-electron chi connectivity index (χ1n) is 16.4. The van der Waals surface area contributed by atoms with Gasteiger partial charge in [-0.1, -0.05) is 91.0 Å². The average molecular weight is 619 g/mol. The van der Waals surface area contributed by atoms with Gasteiger partial charge in [-0.2, -0.15) is 0 Å². The summed E-state index contributed by atoms with van der Waals surface area (Å²) in [6, 6.07) is 61.1. The molecule has 0 radical (unpaired) electrons.